The van der Waals surface area contributed by atoms with Crippen LogP contribution in [0.2, 0.25) is 5.02 Å². The number of halogens is 3. The molecule has 1 amide bonds. The van der Waals surface area contributed by atoms with E-state index in [0.717, 1.165) is 36.3 Å². The van der Waals surface area contributed by atoms with Gasteiger partial charge in [0.1, 0.15) is 0 Å². The van der Waals surface area contributed by atoms with Gasteiger partial charge in [-0.25, -0.2) is 0 Å². The zero-order chi connectivity index (χ0) is 16.2. The van der Waals surface area contributed by atoms with Gasteiger partial charge < -0.3 is 16.0 Å². The standard InChI is InChI=1S/C17H26ClN3O.2ClH/c1-21(2)15(13-8-4-5-9-14(13)18)12-20-16(22)17(19)10-6-3-7-11-17;;/h4-5,8-9,15H,3,6-7,10-12,19H2,1-2H3,(H,20,22);2*1H. The van der Waals surface area contributed by atoms with E-state index < -0.39 is 5.54 Å². The third kappa shape index (κ3) is 5.78. The van der Waals surface area contributed by atoms with Gasteiger partial charge in [0, 0.05) is 11.6 Å². The van der Waals surface area contributed by atoms with Crippen molar-refractivity contribution in [2.45, 2.75) is 43.7 Å². The molecule has 24 heavy (non-hydrogen) atoms. The lowest BCUT2D eigenvalue weighted by molar-refractivity contribution is -0.127. The van der Waals surface area contributed by atoms with E-state index in [2.05, 4.69) is 10.2 Å². The van der Waals surface area contributed by atoms with Gasteiger partial charge in [-0.2, -0.15) is 0 Å². The van der Waals surface area contributed by atoms with E-state index in [1.54, 1.807) is 0 Å². The summed E-state index contributed by atoms with van der Waals surface area (Å²) >= 11 is 6.29. The molecule has 4 nitrogen and oxygen atoms in total. The van der Waals surface area contributed by atoms with Gasteiger partial charge in [-0.05, 0) is 38.6 Å². The number of benzene rings is 1. The number of nitrogens with two attached hydrogens (primary N) is 1. The minimum Gasteiger partial charge on any atom is -0.353 e. The number of rotatable bonds is 5. The molecule has 1 saturated carbocycles. The zero-order valence-corrected chi connectivity index (χ0v) is 16.6. The third-order valence-corrected chi connectivity index (χ3v) is 4.89. The van der Waals surface area contributed by atoms with Crippen LogP contribution in [-0.4, -0.2) is 37.0 Å². The lowest BCUT2D eigenvalue weighted by Crippen LogP contribution is -2.55. The van der Waals surface area contributed by atoms with E-state index in [9.17, 15) is 4.79 Å². The molecule has 1 aliphatic carbocycles. The van der Waals surface area contributed by atoms with Crippen molar-refractivity contribution in [1.29, 1.82) is 0 Å². The number of likely N-dealkylation sites (N-methyl/N-ethyl adjacent to an activating group) is 1. The van der Waals surface area contributed by atoms with Crippen LogP contribution in [0.25, 0.3) is 0 Å². The number of hydrogen-bond donors (Lipinski definition) is 2. The minimum atomic E-state index is -0.699. The minimum absolute atomic E-state index is 0. The highest BCUT2D eigenvalue weighted by Crippen LogP contribution is 2.28. The van der Waals surface area contributed by atoms with Gasteiger partial charge >= 0.3 is 0 Å². The van der Waals surface area contributed by atoms with Crippen LogP contribution in [0.4, 0.5) is 0 Å². The molecule has 0 saturated heterocycles. The molecule has 7 heteroatoms. The molecule has 0 aromatic heterocycles. The SMILES string of the molecule is CN(C)C(CNC(=O)C1(N)CCCCC1)c1ccccc1Cl.Cl.Cl. The summed E-state index contributed by atoms with van der Waals surface area (Å²) in [6, 6.07) is 7.78. The Kier molecular flexibility index (Phi) is 10.2. The van der Waals surface area contributed by atoms with Crippen LogP contribution < -0.4 is 11.1 Å². The summed E-state index contributed by atoms with van der Waals surface area (Å²) in [4.78, 5) is 14.5. The normalized spacial score (nSPS) is 17.4. The Labute approximate surface area is 162 Å². The molecule has 0 bridgehead atoms. The van der Waals surface area contributed by atoms with Gasteiger partial charge in [-0.15, -0.1) is 24.8 Å². The Hall–Kier alpha value is -0.520. The number of carbonyl (C=O) groups is 1. The predicted octanol–water partition coefficient (Wildman–Crippen LogP) is 3.56. The van der Waals surface area contributed by atoms with Gasteiger partial charge in [0.25, 0.3) is 0 Å². The number of amides is 1. The molecule has 1 atom stereocenters. The Balaban J connectivity index is 0.00000264. The van der Waals surface area contributed by atoms with Gasteiger partial charge in [-0.1, -0.05) is 49.1 Å². The van der Waals surface area contributed by atoms with Crippen molar-refractivity contribution in [3.63, 3.8) is 0 Å². The summed E-state index contributed by atoms with van der Waals surface area (Å²) in [7, 11) is 3.97. The van der Waals surface area contributed by atoms with Crippen molar-refractivity contribution in [2.24, 2.45) is 5.73 Å². The lowest BCUT2D eigenvalue weighted by Gasteiger charge is -2.33. The third-order valence-electron chi connectivity index (χ3n) is 4.54. The van der Waals surface area contributed by atoms with Crippen LogP contribution in [0.5, 0.6) is 0 Å². The van der Waals surface area contributed by atoms with Crippen molar-refractivity contribution in [2.75, 3.05) is 20.6 Å². The Morgan fingerprint density at radius 3 is 2.38 bits per heavy atom. The van der Waals surface area contributed by atoms with Crippen LogP contribution >= 0.6 is 36.4 Å². The molecule has 0 radical (unpaired) electrons. The maximum Gasteiger partial charge on any atom is 0.240 e. The fourth-order valence-electron chi connectivity index (χ4n) is 3.09. The Morgan fingerprint density at radius 1 is 1.25 bits per heavy atom. The van der Waals surface area contributed by atoms with Crippen molar-refractivity contribution in [3.05, 3.63) is 34.9 Å². The quantitative estimate of drug-likeness (QED) is 0.800. The molecular formula is C17H28Cl3N3O. The first-order valence-corrected chi connectivity index (χ1v) is 8.30. The Morgan fingerprint density at radius 2 is 1.83 bits per heavy atom. The van der Waals surface area contributed by atoms with Crippen LogP contribution in [0, 0.1) is 0 Å². The molecule has 138 valence electrons. The van der Waals surface area contributed by atoms with Crippen molar-refractivity contribution >= 4 is 42.3 Å². The zero-order valence-electron chi connectivity index (χ0n) is 14.3. The van der Waals surface area contributed by atoms with Gasteiger partial charge in [0.15, 0.2) is 0 Å². The van der Waals surface area contributed by atoms with E-state index in [1.807, 2.05) is 38.4 Å². The van der Waals surface area contributed by atoms with Crippen LogP contribution in [0.15, 0.2) is 24.3 Å². The summed E-state index contributed by atoms with van der Waals surface area (Å²) in [5, 5.41) is 3.75. The summed E-state index contributed by atoms with van der Waals surface area (Å²) in [6.45, 7) is 0.508. The second kappa shape index (κ2) is 10.5. The average molecular weight is 397 g/mol. The van der Waals surface area contributed by atoms with E-state index in [4.69, 9.17) is 17.3 Å². The highest BCUT2D eigenvalue weighted by Gasteiger charge is 2.35. The summed E-state index contributed by atoms with van der Waals surface area (Å²) < 4.78 is 0. The maximum atomic E-state index is 12.5. The maximum absolute atomic E-state index is 12.5. The van der Waals surface area contributed by atoms with Crippen molar-refractivity contribution in [3.8, 4) is 0 Å². The first kappa shape index (κ1) is 23.5. The number of hydrogen-bond acceptors (Lipinski definition) is 3. The average Bonchev–Trinajstić information content (AvgIpc) is 2.49. The smallest absolute Gasteiger partial charge is 0.240 e. The van der Waals surface area contributed by atoms with Gasteiger partial charge in [0.2, 0.25) is 5.91 Å². The monoisotopic (exact) mass is 395 g/mol. The molecule has 0 aliphatic heterocycles. The fourth-order valence-corrected chi connectivity index (χ4v) is 3.35. The molecule has 3 N–H and O–H groups in total. The summed E-state index contributed by atoms with van der Waals surface area (Å²) in [5.41, 5.74) is 6.60. The molecule has 0 spiro atoms. The highest BCUT2D eigenvalue weighted by molar-refractivity contribution is 6.31. The van der Waals surface area contributed by atoms with E-state index >= 15 is 0 Å². The first-order chi connectivity index (χ1) is 10.4. The number of nitrogens with zero attached hydrogens (tertiary/aromatic N) is 1. The lowest BCUT2D eigenvalue weighted by atomic mass is 9.82. The van der Waals surface area contributed by atoms with Crippen molar-refractivity contribution < 1.29 is 4.79 Å². The second-order valence-electron chi connectivity index (χ2n) is 6.43. The largest absolute Gasteiger partial charge is 0.353 e. The van der Waals surface area contributed by atoms with Crippen LogP contribution in [0.3, 0.4) is 0 Å². The molecule has 2 rings (SSSR count). The molecular weight excluding hydrogens is 369 g/mol. The number of carbonyl (C=O) groups excluding carboxylic acids is 1. The molecule has 0 heterocycles. The van der Waals surface area contributed by atoms with Crippen LogP contribution in [0.1, 0.15) is 43.7 Å². The van der Waals surface area contributed by atoms with Crippen LogP contribution in [-0.2, 0) is 4.79 Å². The van der Waals surface area contributed by atoms with E-state index in [1.165, 1.54) is 6.42 Å². The van der Waals surface area contributed by atoms with E-state index in [-0.39, 0.29) is 36.8 Å². The van der Waals surface area contributed by atoms with Gasteiger partial charge in [0.05, 0.1) is 11.6 Å². The number of nitrogens with one attached hydrogen (secondary N) is 1. The van der Waals surface area contributed by atoms with Gasteiger partial charge in [-0.3, -0.25) is 4.79 Å². The summed E-state index contributed by atoms with van der Waals surface area (Å²) in [5.74, 6) is -0.0360. The molecule has 1 aromatic rings. The molecule has 1 aromatic carbocycles. The fraction of sp³-hybridized carbons (Fsp3) is 0.588. The topological polar surface area (TPSA) is 58.4 Å². The Bertz CT molecular complexity index is 520. The van der Waals surface area contributed by atoms with E-state index in [0.29, 0.717) is 6.54 Å². The highest BCUT2D eigenvalue weighted by atomic mass is 35.5. The summed E-state index contributed by atoms with van der Waals surface area (Å²) in [6.07, 6.45) is 4.79. The first-order valence-electron chi connectivity index (χ1n) is 7.92. The molecule has 1 fully saturated rings. The molecule has 1 unspecified atom stereocenters. The predicted molar refractivity (Wildman–Crippen MR) is 105 cm³/mol. The second-order valence-corrected chi connectivity index (χ2v) is 6.83. The van der Waals surface area contributed by atoms with Crippen molar-refractivity contribution in [1.82, 2.24) is 10.2 Å². The molecule has 1 aliphatic rings.